The molecule has 1 aliphatic carbocycles. The van der Waals surface area contributed by atoms with E-state index in [2.05, 4.69) is 40.5 Å². The molecule has 0 bridgehead atoms. The number of carbonyl (C=O) groups excluding carboxylic acids is 1. The number of rotatable bonds is 8. The van der Waals surface area contributed by atoms with Crippen molar-refractivity contribution in [2.75, 3.05) is 24.6 Å². The van der Waals surface area contributed by atoms with E-state index in [1.54, 1.807) is 0 Å². The maximum Gasteiger partial charge on any atom is 0.237 e. The zero-order valence-electron chi connectivity index (χ0n) is 17.3. The number of halogens is 2. The number of nitrogens with one attached hydrogen (secondary N) is 1. The van der Waals surface area contributed by atoms with E-state index in [0.29, 0.717) is 0 Å². The van der Waals surface area contributed by atoms with E-state index in [9.17, 15) is 4.79 Å². The number of benzene rings is 1. The average molecular weight is 463 g/mol. The molecule has 1 aromatic carbocycles. The van der Waals surface area contributed by atoms with Crippen LogP contribution >= 0.6 is 36.6 Å². The molecule has 7 heteroatoms. The molecule has 2 aliphatic rings. The molecule has 166 valence electrons. The Balaban J connectivity index is 0.00000210. The molecule has 1 atom stereocenters. The van der Waals surface area contributed by atoms with Crippen LogP contribution in [0.5, 0.6) is 0 Å². The maximum absolute atomic E-state index is 12.4. The van der Waals surface area contributed by atoms with E-state index in [-0.39, 0.29) is 42.8 Å². The summed E-state index contributed by atoms with van der Waals surface area (Å²) in [6.07, 6.45) is 8.89. The average Bonchev–Trinajstić information content (AvgIpc) is 2.71. The second-order valence-electron chi connectivity index (χ2n) is 8.19. The zero-order valence-corrected chi connectivity index (χ0v) is 19.7. The summed E-state index contributed by atoms with van der Waals surface area (Å²) in [4.78, 5) is 14.9. The van der Waals surface area contributed by atoms with Crippen molar-refractivity contribution in [1.82, 2.24) is 10.2 Å². The molecule has 1 saturated heterocycles. The molecule has 4 nitrogen and oxygen atoms in total. The lowest BCUT2D eigenvalue weighted by molar-refractivity contribution is -0.122. The Morgan fingerprint density at radius 1 is 1.07 bits per heavy atom. The van der Waals surface area contributed by atoms with Gasteiger partial charge >= 0.3 is 0 Å². The minimum Gasteiger partial charge on any atom is -0.352 e. The number of piperidine rings is 1. The largest absolute Gasteiger partial charge is 0.352 e. The van der Waals surface area contributed by atoms with Gasteiger partial charge in [0.05, 0.1) is 6.04 Å². The van der Waals surface area contributed by atoms with Gasteiger partial charge in [-0.15, -0.1) is 24.8 Å². The highest BCUT2D eigenvalue weighted by Crippen LogP contribution is 2.26. The summed E-state index contributed by atoms with van der Waals surface area (Å²) in [6.45, 7) is 3.07. The van der Waals surface area contributed by atoms with E-state index in [1.165, 1.54) is 43.4 Å². The monoisotopic (exact) mass is 461 g/mol. The number of nitrogens with two attached hydrogens (primary N) is 1. The Morgan fingerprint density at radius 3 is 2.38 bits per heavy atom. The van der Waals surface area contributed by atoms with Crippen molar-refractivity contribution in [2.45, 2.75) is 63.6 Å². The zero-order chi connectivity index (χ0) is 18.9. The van der Waals surface area contributed by atoms with Crippen LogP contribution in [-0.2, 0) is 11.3 Å². The Hall–Kier alpha value is -0.460. The van der Waals surface area contributed by atoms with Gasteiger partial charge in [-0.3, -0.25) is 9.69 Å². The molecule has 1 amide bonds. The molecule has 2 fully saturated rings. The fraction of sp³-hybridized carbons (Fsp3) is 0.682. The Kier molecular flexibility index (Phi) is 13.3. The van der Waals surface area contributed by atoms with Gasteiger partial charge in [0.15, 0.2) is 0 Å². The van der Waals surface area contributed by atoms with Crippen LogP contribution in [0.3, 0.4) is 0 Å². The number of likely N-dealkylation sites (tertiary alicyclic amines) is 1. The molecule has 29 heavy (non-hydrogen) atoms. The number of amides is 1. The predicted octanol–water partition coefficient (Wildman–Crippen LogP) is 4.25. The highest BCUT2D eigenvalue weighted by molar-refractivity contribution is 7.99. The van der Waals surface area contributed by atoms with Gasteiger partial charge in [0, 0.05) is 31.4 Å². The summed E-state index contributed by atoms with van der Waals surface area (Å²) < 4.78 is 0. The normalized spacial score (nSPS) is 19.6. The molecule has 1 aliphatic heterocycles. The van der Waals surface area contributed by atoms with Crippen LogP contribution in [0.25, 0.3) is 0 Å². The van der Waals surface area contributed by atoms with Crippen LogP contribution in [0.2, 0.25) is 0 Å². The fourth-order valence-corrected chi connectivity index (χ4v) is 5.38. The molecule has 0 aromatic heterocycles. The van der Waals surface area contributed by atoms with Crippen molar-refractivity contribution in [1.29, 1.82) is 0 Å². The quantitative estimate of drug-likeness (QED) is 0.607. The van der Waals surface area contributed by atoms with E-state index in [1.807, 2.05) is 11.8 Å². The van der Waals surface area contributed by atoms with Crippen molar-refractivity contribution < 1.29 is 4.79 Å². The minimum absolute atomic E-state index is 0. The van der Waals surface area contributed by atoms with Gasteiger partial charge in [0.1, 0.15) is 0 Å². The lowest BCUT2D eigenvalue weighted by Crippen LogP contribution is -2.50. The van der Waals surface area contributed by atoms with Crippen molar-refractivity contribution in [2.24, 2.45) is 11.7 Å². The summed E-state index contributed by atoms with van der Waals surface area (Å²) in [5.41, 5.74) is 7.49. The molecule has 1 aromatic rings. The first kappa shape index (κ1) is 26.6. The summed E-state index contributed by atoms with van der Waals surface area (Å²) in [6, 6.07) is 10.5. The van der Waals surface area contributed by atoms with Crippen molar-refractivity contribution >= 4 is 42.5 Å². The molecule has 1 saturated carbocycles. The summed E-state index contributed by atoms with van der Waals surface area (Å²) >= 11 is 1.87. The van der Waals surface area contributed by atoms with Crippen LogP contribution < -0.4 is 11.1 Å². The summed E-state index contributed by atoms with van der Waals surface area (Å²) in [7, 11) is 0. The van der Waals surface area contributed by atoms with E-state index in [0.717, 1.165) is 44.1 Å². The Morgan fingerprint density at radius 2 is 1.72 bits per heavy atom. The molecular formula is C22H37Cl2N3OS. The molecule has 1 heterocycles. The third-order valence-corrected chi connectivity index (χ3v) is 7.20. The number of hydrogen-bond donors (Lipinski definition) is 2. The lowest BCUT2D eigenvalue weighted by Gasteiger charge is -2.32. The highest BCUT2D eigenvalue weighted by atomic mass is 35.5. The van der Waals surface area contributed by atoms with Gasteiger partial charge in [0.25, 0.3) is 0 Å². The van der Waals surface area contributed by atoms with E-state index >= 15 is 0 Å². The highest BCUT2D eigenvalue weighted by Gasteiger charge is 2.23. The molecule has 0 unspecified atom stereocenters. The van der Waals surface area contributed by atoms with Crippen LogP contribution in [-0.4, -0.2) is 47.5 Å². The van der Waals surface area contributed by atoms with Gasteiger partial charge in [-0.1, -0.05) is 49.6 Å². The summed E-state index contributed by atoms with van der Waals surface area (Å²) in [5, 5.41) is 3.19. The Bertz CT molecular complexity index is 564. The lowest BCUT2D eigenvalue weighted by atomic mass is 9.91. The van der Waals surface area contributed by atoms with Gasteiger partial charge in [0.2, 0.25) is 5.91 Å². The first-order chi connectivity index (χ1) is 13.2. The topological polar surface area (TPSA) is 58.4 Å². The minimum atomic E-state index is -0.374. The van der Waals surface area contributed by atoms with Crippen LogP contribution in [0.1, 0.15) is 50.5 Å². The number of carbonyl (C=O) groups is 1. The molecule has 3 N–H and O–H groups in total. The molecule has 0 spiro atoms. The third kappa shape index (κ3) is 9.48. The number of hydrogen-bond acceptors (Lipinski definition) is 4. The standard InChI is InChI=1S/C22H35N3OS.2ClH/c23-21(17-27-16-19-9-5-2-6-10-19)22(26)24-20-11-13-25(14-12-20)15-18-7-3-1-4-8-18;;/h1,3-4,7-8,19-21H,2,5-6,9-17,23H2,(H,24,26);2*1H/t21-;;/m0../s1. The molecule has 3 rings (SSSR count). The SMILES string of the molecule is Cl.Cl.N[C@@H](CSCC1CCCCC1)C(=O)NC1CCN(Cc2ccccc2)CC1. The van der Waals surface area contributed by atoms with E-state index in [4.69, 9.17) is 5.73 Å². The first-order valence-corrected chi connectivity index (χ1v) is 11.8. The fourth-order valence-electron chi connectivity index (χ4n) is 4.18. The van der Waals surface area contributed by atoms with Crippen molar-refractivity contribution in [3.63, 3.8) is 0 Å². The molecular weight excluding hydrogens is 425 g/mol. The van der Waals surface area contributed by atoms with Crippen molar-refractivity contribution in [3.8, 4) is 0 Å². The van der Waals surface area contributed by atoms with Gasteiger partial charge in [-0.05, 0) is 42.9 Å². The third-order valence-electron chi connectivity index (χ3n) is 5.90. The van der Waals surface area contributed by atoms with Crippen molar-refractivity contribution in [3.05, 3.63) is 35.9 Å². The second-order valence-corrected chi connectivity index (χ2v) is 9.27. The van der Waals surface area contributed by atoms with Crippen LogP contribution in [0.15, 0.2) is 30.3 Å². The Labute approximate surface area is 192 Å². The molecule has 0 radical (unpaired) electrons. The smallest absolute Gasteiger partial charge is 0.237 e. The number of thioether (sulfide) groups is 1. The van der Waals surface area contributed by atoms with Gasteiger partial charge in [-0.25, -0.2) is 0 Å². The van der Waals surface area contributed by atoms with Gasteiger partial charge < -0.3 is 11.1 Å². The predicted molar refractivity (Wildman–Crippen MR) is 129 cm³/mol. The number of nitrogens with zero attached hydrogens (tertiary/aromatic N) is 1. The van der Waals surface area contributed by atoms with Gasteiger partial charge in [-0.2, -0.15) is 11.8 Å². The second kappa shape index (κ2) is 14.5. The van der Waals surface area contributed by atoms with E-state index < -0.39 is 0 Å². The summed E-state index contributed by atoms with van der Waals surface area (Å²) in [5.74, 6) is 2.79. The van der Waals surface area contributed by atoms with Crippen LogP contribution in [0.4, 0.5) is 0 Å². The van der Waals surface area contributed by atoms with Crippen LogP contribution in [0, 0.1) is 5.92 Å². The first-order valence-electron chi connectivity index (χ1n) is 10.6. The maximum atomic E-state index is 12.4.